The fourth-order valence-electron chi connectivity index (χ4n) is 3.08. The molecule has 0 aliphatic heterocycles. The maximum Gasteiger partial charge on any atom is 0.0606 e. The van der Waals surface area contributed by atoms with Gasteiger partial charge in [-0.15, -0.1) is 0 Å². The van der Waals surface area contributed by atoms with E-state index in [1.54, 1.807) is 0 Å². The number of nitrogens with zero attached hydrogens (tertiary/aromatic N) is 5. The van der Waals surface area contributed by atoms with Crippen LogP contribution >= 0.6 is 0 Å². The van der Waals surface area contributed by atoms with E-state index in [9.17, 15) is 5.11 Å². The number of aliphatic hydroxyl groups is 1. The number of aromatic nitrogens is 3. The van der Waals surface area contributed by atoms with Gasteiger partial charge >= 0.3 is 0 Å². The summed E-state index contributed by atoms with van der Waals surface area (Å²) in [7, 11) is 0. The molecule has 0 atom stereocenters. The number of rotatable bonds is 10. The van der Waals surface area contributed by atoms with Crippen molar-refractivity contribution in [2.24, 2.45) is 0 Å². The number of pyridine rings is 3. The van der Waals surface area contributed by atoms with Crippen molar-refractivity contribution in [3.63, 3.8) is 0 Å². The smallest absolute Gasteiger partial charge is 0.0606 e. The van der Waals surface area contributed by atoms with Crippen LogP contribution in [0.2, 0.25) is 0 Å². The molecular weight excluding hydrogens is 386 g/mol. The molecule has 0 aliphatic rings. The fourth-order valence-corrected chi connectivity index (χ4v) is 3.08. The molecule has 31 heavy (non-hydrogen) atoms. The minimum atomic E-state index is 0.0786. The molecule has 0 amide bonds. The number of hydrogen-bond donors (Lipinski definition) is 1. The summed E-state index contributed by atoms with van der Waals surface area (Å²) < 4.78 is 0. The van der Waals surface area contributed by atoms with Crippen molar-refractivity contribution >= 4 is 0 Å². The summed E-state index contributed by atoms with van der Waals surface area (Å²) in [6, 6.07) is 12.4. The summed E-state index contributed by atoms with van der Waals surface area (Å²) in [6.07, 6.45) is 9.71. The molecule has 0 bridgehead atoms. The van der Waals surface area contributed by atoms with Crippen LogP contribution in [0.15, 0.2) is 67.4 Å². The van der Waals surface area contributed by atoms with Crippen molar-refractivity contribution in [1.29, 1.82) is 0 Å². The van der Waals surface area contributed by atoms with Crippen molar-refractivity contribution in [1.82, 2.24) is 24.8 Å². The van der Waals surface area contributed by atoms with Crippen LogP contribution in [0, 0.1) is 20.8 Å². The third-order valence-electron chi connectivity index (χ3n) is 4.89. The van der Waals surface area contributed by atoms with Gasteiger partial charge in [0.25, 0.3) is 0 Å². The van der Waals surface area contributed by atoms with Gasteiger partial charge in [0.2, 0.25) is 0 Å². The highest BCUT2D eigenvalue weighted by atomic mass is 16.3. The zero-order chi connectivity index (χ0) is 22.1. The summed E-state index contributed by atoms with van der Waals surface area (Å²) in [5.41, 5.74) is 6.38. The lowest BCUT2D eigenvalue weighted by Gasteiger charge is -2.23. The monoisotopic (exact) mass is 417 g/mol. The maximum absolute atomic E-state index is 9.52. The molecule has 0 radical (unpaired) electrons. The van der Waals surface area contributed by atoms with Crippen LogP contribution in [0.5, 0.6) is 0 Å². The molecule has 0 saturated carbocycles. The first-order valence-electron chi connectivity index (χ1n) is 10.5. The zero-order valence-corrected chi connectivity index (χ0v) is 18.6. The van der Waals surface area contributed by atoms with E-state index in [0.29, 0.717) is 26.2 Å². The SMILES string of the molecule is Cc1ccc(CN(C=CN(Cc2ccc(C)cn2)Cc2ccc(C)cn2)CCO)nc1. The second kappa shape index (κ2) is 11.2. The van der Waals surface area contributed by atoms with Gasteiger partial charge in [0.05, 0.1) is 43.3 Å². The van der Waals surface area contributed by atoms with E-state index in [0.717, 1.165) is 33.8 Å². The van der Waals surface area contributed by atoms with Crippen LogP contribution in [0.4, 0.5) is 0 Å². The average molecular weight is 418 g/mol. The van der Waals surface area contributed by atoms with Gasteiger partial charge in [-0.1, -0.05) is 18.2 Å². The Morgan fingerprint density at radius 2 is 1.03 bits per heavy atom. The van der Waals surface area contributed by atoms with Gasteiger partial charge < -0.3 is 14.9 Å². The highest BCUT2D eigenvalue weighted by Crippen LogP contribution is 2.11. The molecule has 3 aromatic rings. The summed E-state index contributed by atoms with van der Waals surface area (Å²) >= 11 is 0. The first kappa shape index (κ1) is 22.4. The molecule has 0 spiro atoms. The van der Waals surface area contributed by atoms with Gasteiger partial charge in [-0.3, -0.25) is 15.0 Å². The Kier molecular flexibility index (Phi) is 8.12. The summed E-state index contributed by atoms with van der Waals surface area (Å²) in [6.45, 7) is 8.69. The lowest BCUT2D eigenvalue weighted by molar-refractivity contribution is 0.228. The molecule has 0 unspecified atom stereocenters. The van der Waals surface area contributed by atoms with Gasteiger partial charge in [-0.05, 0) is 55.7 Å². The van der Waals surface area contributed by atoms with Crippen molar-refractivity contribution in [2.45, 2.75) is 40.4 Å². The minimum Gasteiger partial charge on any atom is -0.395 e. The average Bonchev–Trinajstić information content (AvgIpc) is 2.76. The first-order chi connectivity index (χ1) is 15.0. The molecule has 3 rings (SSSR count). The van der Waals surface area contributed by atoms with Crippen LogP contribution < -0.4 is 0 Å². The van der Waals surface area contributed by atoms with E-state index >= 15 is 0 Å². The standard InChI is InChI=1S/C25H31N5O/c1-20-4-7-23(26-14-20)17-29(12-13-31)10-11-30(18-24-8-5-21(2)15-27-24)19-25-9-6-22(3)16-28-25/h4-11,14-16,31H,12-13,17-19H2,1-3H3. The predicted octanol–water partition coefficient (Wildman–Crippen LogP) is 3.76. The number of hydrogen-bond acceptors (Lipinski definition) is 6. The first-order valence-corrected chi connectivity index (χ1v) is 10.5. The number of aryl methyl sites for hydroxylation is 3. The second-order valence-electron chi connectivity index (χ2n) is 7.88. The second-order valence-corrected chi connectivity index (χ2v) is 7.88. The fraction of sp³-hybridized carbons (Fsp3) is 0.320. The lowest BCUT2D eigenvalue weighted by atomic mass is 10.2. The molecule has 1 N–H and O–H groups in total. The van der Waals surface area contributed by atoms with Crippen LogP contribution in [0.1, 0.15) is 33.8 Å². The molecule has 0 fully saturated rings. The molecule has 3 aromatic heterocycles. The Morgan fingerprint density at radius 3 is 1.39 bits per heavy atom. The summed E-state index contributed by atoms with van der Waals surface area (Å²) in [5, 5.41) is 9.52. The van der Waals surface area contributed by atoms with Gasteiger partial charge in [0.15, 0.2) is 0 Å². The zero-order valence-electron chi connectivity index (χ0n) is 18.6. The molecule has 6 heteroatoms. The third-order valence-corrected chi connectivity index (χ3v) is 4.89. The Labute approximate surface area is 184 Å². The van der Waals surface area contributed by atoms with Crippen molar-refractivity contribution < 1.29 is 5.11 Å². The largest absolute Gasteiger partial charge is 0.395 e. The van der Waals surface area contributed by atoms with Gasteiger partial charge in [0, 0.05) is 37.5 Å². The summed E-state index contributed by atoms with van der Waals surface area (Å²) in [4.78, 5) is 17.8. The van der Waals surface area contributed by atoms with E-state index in [-0.39, 0.29) is 6.61 Å². The van der Waals surface area contributed by atoms with Crippen LogP contribution in [-0.2, 0) is 19.6 Å². The Hall–Kier alpha value is -3.25. The molecule has 0 aromatic carbocycles. The summed E-state index contributed by atoms with van der Waals surface area (Å²) in [5.74, 6) is 0. The van der Waals surface area contributed by atoms with E-state index in [4.69, 9.17) is 0 Å². The van der Waals surface area contributed by atoms with Gasteiger partial charge in [0.1, 0.15) is 0 Å². The lowest BCUT2D eigenvalue weighted by Crippen LogP contribution is -2.24. The molecule has 0 saturated heterocycles. The van der Waals surface area contributed by atoms with Crippen LogP contribution in [-0.4, -0.2) is 43.0 Å². The quantitative estimate of drug-likeness (QED) is 0.542. The Bertz CT molecular complexity index is 905. The normalized spacial score (nSPS) is 11.1. The van der Waals surface area contributed by atoms with Crippen molar-refractivity contribution in [3.05, 3.63) is 101 Å². The molecule has 3 heterocycles. The van der Waals surface area contributed by atoms with Crippen molar-refractivity contribution in [2.75, 3.05) is 13.2 Å². The highest BCUT2D eigenvalue weighted by molar-refractivity contribution is 5.15. The Balaban J connectivity index is 1.76. The van der Waals surface area contributed by atoms with Crippen LogP contribution in [0.25, 0.3) is 0 Å². The Morgan fingerprint density at radius 1 is 0.645 bits per heavy atom. The maximum atomic E-state index is 9.52. The molecular formula is C25H31N5O. The highest BCUT2D eigenvalue weighted by Gasteiger charge is 2.07. The topological polar surface area (TPSA) is 65.4 Å². The number of aliphatic hydroxyl groups excluding tert-OH is 1. The van der Waals surface area contributed by atoms with Crippen molar-refractivity contribution in [3.8, 4) is 0 Å². The molecule has 162 valence electrons. The van der Waals surface area contributed by atoms with E-state index in [1.807, 2.05) is 57.8 Å². The minimum absolute atomic E-state index is 0.0786. The van der Waals surface area contributed by atoms with E-state index in [2.05, 4.69) is 55.1 Å². The van der Waals surface area contributed by atoms with E-state index in [1.165, 1.54) is 0 Å². The van der Waals surface area contributed by atoms with Gasteiger partial charge in [-0.2, -0.15) is 0 Å². The molecule has 0 aliphatic carbocycles. The van der Waals surface area contributed by atoms with Crippen LogP contribution in [0.3, 0.4) is 0 Å². The predicted molar refractivity (Wildman–Crippen MR) is 123 cm³/mol. The third kappa shape index (κ3) is 7.50. The van der Waals surface area contributed by atoms with E-state index < -0.39 is 0 Å². The molecule has 6 nitrogen and oxygen atoms in total. The van der Waals surface area contributed by atoms with Gasteiger partial charge in [-0.25, -0.2) is 0 Å².